The van der Waals surface area contributed by atoms with E-state index < -0.39 is 5.97 Å². The molecule has 0 amide bonds. The molecule has 0 saturated heterocycles. The minimum atomic E-state index is -0.804. The molecule has 66 valence electrons. The first kappa shape index (κ1) is 12.4. The number of carboxylic acid groups (broad SMARTS) is 1. The van der Waals surface area contributed by atoms with Gasteiger partial charge in [0.1, 0.15) is 0 Å². The Balaban J connectivity index is 0. The molecule has 0 aromatic carbocycles. The fourth-order valence-corrected chi connectivity index (χ4v) is 0.232. The summed E-state index contributed by atoms with van der Waals surface area (Å²) >= 11 is 0. The van der Waals surface area contributed by atoms with Crippen molar-refractivity contribution in [3.05, 3.63) is 0 Å². The average Bonchev–Trinajstić information content (AvgIpc) is 1.82. The van der Waals surface area contributed by atoms with Gasteiger partial charge in [0.15, 0.2) is 5.96 Å². The van der Waals surface area contributed by atoms with Crippen molar-refractivity contribution in [1.29, 1.82) is 5.41 Å². The van der Waals surface area contributed by atoms with Gasteiger partial charge in [-0.1, -0.05) is 6.92 Å². The first-order valence-electron chi connectivity index (χ1n) is 3.02. The second-order valence-electron chi connectivity index (χ2n) is 1.63. The van der Waals surface area contributed by atoms with Gasteiger partial charge in [-0.05, 0) is 6.54 Å². The number of hydrogen-bond acceptors (Lipinski definition) is 3. The lowest BCUT2D eigenvalue weighted by Crippen LogP contribution is -2.21. The van der Waals surface area contributed by atoms with Crippen molar-refractivity contribution in [2.75, 3.05) is 13.1 Å². The molecule has 0 fully saturated rings. The predicted octanol–water partition coefficient (Wildman–Crippen LogP) is -1.48. The highest BCUT2D eigenvalue weighted by molar-refractivity contribution is 5.71. The monoisotopic (exact) mass is 162 g/mol. The summed E-state index contributed by atoms with van der Waals surface area (Å²) in [5.74, 6) is -1.14. The van der Waals surface area contributed by atoms with Gasteiger partial charge in [0, 0.05) is 0 Å². The van der Waals surface area contributed by atoms with Crippen molar-refractivity contribution >= 4 is 11.9 Å². The number of likely N-dealkylation sites (N-methyl/N-ethyl adjacent to an activating group) is 1. The highest BCUT2D eigenvalue weighted by Crippen LogP contribution is 1.56. The second-order valence-corrected chi connectivity index (χ2v) is 1.63. The van der Waals surface area contributed by atoms with Crippen molar-refractivity contribution in [3.8, 4) is 0 Å². The van der Waals surface area contributed by atoms with Crippen LogP contribution >= 0.6 is 0 Å². The average molecular weight is 162 g/mol. The molecular formula is C5H14N4O2. The standard InChI is InChI=1S/C4H9NO2.CH5N3/c1-2-5-3-4(6)7;2-1(3)4/h5H,2-3H2,1H3,(H,6,7);(H5,2,3,4). The van der Waals surface area contributed by atoms with Gasteiger partial charge in [-0.15, -0.1) is 0 Å². The van der Waals surface area contributed by atoms with Gasteiger partial charge >= 0.3 is 5.97 Å². The molecule has 0 aliphatic heterocycles. The van der Waals surface area contributed by atoms with Crippen LogP contribution in [0.1, 0.15) is 6.92 Å². The smallest absolute Gasteiger partial charge is 0.317 e. The Hall–Kier alpha value is -1.30. The number of hydrogen-bond donors (Lipinski definition) is 5. The summed E-state index contributed by atoms with van der Waals surface area (Å²) in [6.45, 7) is 2.64. The van der Waals surface area contributed by atoms with Crippen LogP contribution in [0.15, 0.2) is 0 Å². The van der Waals surface area contributed by atoms with Crippen LogP contribution in [0.2, 0.25) is 0 Å². The number of carboxylic acids is 1. The van der Waals surface area contributed by atoms with Crippen LogP contribution in [-0.2, 0) is 4.79 Å². The Morgan fingerprint density at radius 1 is 1.64 bits per heavy atom. The maximum Gasteiger partial charge on any atom is 0.317 e. The van der Waals surface area contributed by atoms with Gasteiger partial charge in [-0.25, -0.2) is 0 Å². The summed E-state index contributed by atoms with van der Waals surface area (Å²) in [7, 11) is 0. The molecule has 0 saturated carbocycles. The van der Waals surface area contributed by atoms with Crippen molar-refractivity contribution < 1.29 is 9.90 Å². The van der Waals surface area contributed by atoms with E-state index in [4.69, 9.17) is 10.5 Å². The Bertz CT molecular complexity index is 122. The van der Waals surface area contributed by atoms with Crippen molar-refractivity contribution in [3.63, 3.8) is 0 Å². The molecule has 0 spiro atoms. The number of nitrogens with two attached hydrogens (primary N) is 2. The maximum absolute atomic E-state index is 9.70. The third-order valence-corrected chi connectivity index (χ3v) is 0.526. The predicted molar refractivity (Wildman–Crippen MR) is 42.3 cm³/mol. The summed E-state index contributed by atoms with van der Waals surface area (Å²) in [6.07, 6.45) is 0. The van der Waals surface area contributed by atoms with E-state index in [0.717, 1.165) is 0 Å². The molecule has 0 rings (SSSR count). The molecule has 11 heavy (non-hydrogen) atoms. The Kier molecular flexibility index (Phi) is 9.79. The van der Waals surface area contributed by atoms with E-state index in [1.807, 2.05) is 6.92 Å². The molecular weight excluding hydrogens is 148 g/mol. The van der Waals surface area contributed by atoms with Gasteiger partial charge in [0.2, 0.25) is 0 Å². The molecule has 0 aromatic rings. The van der Waals surface area contributed by atoms with Crippen LogP contribution in [0, 0.1) is 5.41 Å². The van der Waals surface area contributed by atoms with Crippen molar-refractivity contribution in [2.24, 2.45) is 11.5 Å². The number of carbonyl (C=O) groups is 1. The van der Waals surface area contributed by atoms with Crippen molar-refractivity contribution in [2.45, 2.75) is 6.92 Å². The molecule has 0 heterocycles. The van der Waals surface area contributed by atoms with Crippen molar-refractivity contribution in [1.82, 2.24) is 5.32 Å². The van der Waals surface area contributed by atoms with E-state index in [1.165, 1.54) is 0 Å². The number of guanidine groups is 1. The molecule has 0 bridgehead atoms. The van der Waals surface area contributed by atoms with Crippen LogP contribution in [-0.4, -0.2) is 30.1 Å². The molecule has 0 radical (unpaired) electrons. The molecule has 6 nitrogen and oxygen atoms in total. The van der Waals surface area contributed by atoms with Crippen LogP contribution in [0.5, 0.6) is 0 Å². The lowest BCUT2D eigenvalue weighted by atomic mass is 10.6. The third-order valence-electron chi connectivity index (χ3n) is 0.526. The van der Waals surface area contributed by atoms with Gasteiger partial charge in [0.25, 0.3) is 0 Å². The van der Waals surface area contributed by atoms with Gasteiger partial charge in [-0.2, -0.15) is 0 Å². The number of aliphatic carboxylic acids is 1. The minimum absolute atomic E-state index is 0.0660. The number of rotatable bonds is 3. The molecule has 6 heteroatoms. The zero-order chi connectivity index (χ0) is 9.28. The normalized spacial score (nSPS) is 7.73. The maximum atomic E-state index is 9.70. The van der Waals surface area contributed by atoms with E-state index in [1.54, 1.807) is 0 Å². The lowest BCUT2D eigenvalue weighted by molar-refractivity contribution is -0.135. The van der Waals surface area contributed by atoms with Crippen LogP contribution < -0.4 is 16.8 Å². The largest absolute Gasteiger partial charge is 0.480 e. The van der Waals surface area contributed by atoms with E-state index >= 15 is 0 Å². The van der Waals surface area contributed by atoms with Gasteiger partial charge in [-0.3, -0.25) is 10.2 Å². The van der Waals surface area contributed by atoms with E-state index in [2.05, 4.69) is 16.8 Å². The minimum Gasteiger partial charge on any atom is -0.480 e. The van der Waals surface area contributed by atoms with E-state index in [0.29, 0.717) is 6.54 Å². The van der Waals surface area contributed by atoms with E-state index in [-0.39, 0.29) is 12.5 Å². The van der Waals surface area contributed by atoms with Crippen LogP contribution in [0.25, 0.3) is 0 Å². The highest BCUT2D eigenvalue weighted by atomic mass is 16.4. The number of nitrogens with one attached hydrogen (secondary N) is 2. The fraction of sp³-hybridized carbons (Fsp3) is 0.600. The Morgan fingerprint density at radius 3 is 2.09 bits per heavy atom. The first-order valence-corrected chi connectivity index (χ1v) is 3.02. The summed E-state index contributed by atoms with van der Waals surface area (Å²) in [5, 5.41) is 16.7. The summed E-state index contributed by atoms with van der Waals surface area (Å²) in [4.78, 5) is 9.70. The summed E-state index contributed by atoms with van der Waals surface area (Å²) in [6, 6.07) is 0. The summed E-state index contributed by atoms with van der Waals surface area (Å²) < 4.78 is 0. The molecule has 7 N–H and O–H groups in total. The third kappa shape index (κ3) is 53.6. The van der Waals surface area contributed by atoms with Gasteiger partial charge in [0.05, 0.1) is 6.54 Å². The Labute approximate surface area is 65.1 Å². The zero-order valence-corrected chi connectivity index (χ0v) is 6.42. The molecule has 0 aromatic heterocycles. The quantitative estimate of drug-likeness (QED) is 0.255. The fourth-order valence-electron chi connectivity index (χ4n) is 0.232. The second kappa shape index (κ2) is 8.70. The summed E-state index contributed by atoms with van der Waals surface area (Å²) in [5.41, 5.74) is 8.94. The molecule has 0 atom stereocenters. The van der Waals surface area contributed by atoms with Gasteiger partial charge < -0.3 is 21.9 Å². The lowest BCUT2D eigenvalue weighted by Gasteiger charge is -1.90. The highest BCUT2D eigenvalue weighted by Gasteiger charge is 1.88. The molecule has 0 aliphatic carbocycles. The molecule has 0 aliphatic rings. The van der Waals surface area contributed by atoms with Crippen LogP contribution in [0.3, 0.4) is 0 Å². The SMILES string of the molecule is CCNCC(=O)O.N=C(N)N. The zero-order valence-electron chi connectivity index (χ0n) is 6.42. The Morgan fingerprint density at radius 2 is 2.00 bits per heavy atom. The first-order chi connectivity index (χ1) is 5.00. The topological polar surface area (TPSA) is 125 Å². The van der Waals surface area contributed by atoms with Crippen LogP contribution in [0.4, 0.5) is 0 Å². The molecule has 0 unspecified atom stereocenters. The van der Waals surface area contributed by atoms with E-state index in [9.17, 15) is 4.79 Å².